The van der Waals surface area contributed by atoms with E-state index in [4.69, 9.17) is 14.2 Å². The molecule has 1 N–H and O–H groups in total. The SMILES string of the molecule is CCN(Cc1ccc2c(c1)OCO2)C(=O)c1cc(=O)[nH]c2ccc(S(=O)(=O)N3CCOCC3)cc12. The normalized spacial score (nSPS) is 15.9. The molecule has 3 aromatic rings. The maximum Gasteiger partial charge on any atom is 0.255 e. The molecule has 3 heterocycles. The zero-order valence-electron chi connectivity index (χ0n) is 19.2. The van der Waals surface area contributed by atoms with E-state index in [2.05, 4.69) is 4.98 Å². The Morgan fingerprint density at radius 2 is 1.83 bits per heavy atom. The summed E-state index contributed by atoms with van der Waals surface area (Å²) in [6, 6.07) is 11.1. The van der Waals surface area contributed by atoms with Gasteiger partial charge in [0.2, 0.25) is 22.4 Å². The summed E-state index contributed by atoms with van der Waals surface area (Å²) in [4.78, 5) is 30.3. The molecule has 0 saturated carbocycles. The van der Waals surface area contributed by atoms with Crippen LogP contribution in [0, 0.1) is 0 Å². The number of nitrogens with zero attached hydrogens (tertiary/aromatic N) is 2. The number of amides is 1. The summed E-state index contributed by atoms with van der Waals surface area (Å²) in [5.41, 5.74) is 0.934. The quantitative estimate of drug-likeness (QED) is 0.551. The average Bonchev–Trinajstić information content (AvgIpc) is 3.34. The van der Waals surface area contributed by atoms with Crippen molar-refractivity contribution in [3.05, 3.63) is 63.9 Å². The first-order valence-electron chi connectivity index (χ1n) is 11.3. The fraction of sp³-hybridized carbons (Fsp3) is 0.333. The van der Waals surface area contributed by atoms with Gasteiger partial charge in [-0.1, -0.05) is 6.07 Å². The van der Waals surface area contributed by atoms with E-state index >= 15 is 0 Å². The van der Waals surface area contributed by atoms with Gasteiger partial charge in [-0.3, -0.25) is 9.59 Å². The number of H-pyrrole nitrogens is 1. The molecule has 10 nitrogen and oxygen atoms in total. The molecule has 1 saturated heterocycles. The first-order chi connectivity index (χ1) is 16.9. The van der Waals surface area contributed by atoms with E-state index in [-0.39, 0.29) is 42.8 Å². The molecular formula is C24H25N3O7S. The largest absolute Gasteiger partial charge is 0.454 e. The lowest BCUT2D eigenvalue weighted by molar-refractivity contribution is 0.0730. The van der Waals surface area contributed by atoms with Crippen LogP contribution >= 0.6 is 0 Å². The lowest BCUT2D eigenvalue weighted by Crippen LogP contribution is -2.40. The van der Waals surface area contributed by atoms with Gasteiger partial charge in [0.05, 0.1) is 23.7 Å². The number of rotatable bonds is 6. The van der Waals surface area contributed by atoms with Crippen molar-refractivity contribution < 1.29 is 27.4 Å². The van der Waals surface area contributed by atoms with Crippen LogP contribution in [0.4, 0.5) is 0 Å². The molecule has 0 radical (unpaired) electrons. The number of fused-ring (bicyclic) bond motifs is 2. The summed E-state index contributed by atoms with van der Waals surface area (Å²) in [5.74, 6) is 0.894. The van der Waals surface area contributed by atoms with Gasteiger partial charge in [0, 0.05) is 43.1 Å². The van der Waals surface area contributed by atoms with Gasteiger partial charge < -0.3 is 24.1 Å². The van der Waals surface area contributed by atoms with Crippen LogP contribution in [0.3, 0.4) is 0 Å². The summed E-state index contributed by atoms with van der Waals surface area (Å²) in [6.07, 6.45) is 0. The lowest BCUT2D eigenvalue weighted by atomic mass is 10.1. The maximum absolute atomic E-state index is 13.6. The number of nitrogens with one attached hydrogen (secondary N) is 1. The predicted molar refractivity (Wildman–Crippen MR) is 127 cm³/mol. The highest BCUT2D eigenvalue weighted by Crippen LogP contribution is 2.33. The standard InChI is InChI=1S/C24H25N3O7S/c1-2-26(14-16-3-6-21-22(11-16)34-15-33-21)24(29)19-13-23(28)25-20-5-4-17(12-18(19)20)35(30,31)27-7-9-32-10-8-27/h3-6,11-13H,2,7-10,14-15H2,1H3,(H,25,28). The molecular weight excluding hydrogens is 474 g/mol. The van der Waals surface area contributed by atoms with E-state index < -0.39 is 15.6 Å². The van der Waals surface area contributed by atoms with E-state index in [1.807, 2.05) is 19.1 Å². The Balaban J connectivity index is 1.51. The summed E-state index contributed by atoms with van der Waals surface area (Å²) < 4.78 is 43.8. The summed E-state index contributed by atoms with van der Waals surface area (Å²) >= 11 is 0. The zero-order valence-corrected chi connectivity index (χ0v) is 20.0. The maximum atomic E-state index is 13.6. The number of pyridine rings is 1. The molecule has 35 heavy (non-hydrogen) atoms. The van der Waals surface area contributed by atoms with Crippen molar-refractivity contribution >= 4 is 26.8 Å². The van der Waals surface area contributed by atoms with Crippen LogP contribution in [0.5, 0.6) is 11.5 Å². The first-order valence-corrected chi connectivity index (χ1v) is 12.7. The predicted octanol–water partition coefficient (Wildman–Crippen LogP) is 1.94. The molecule has 1 amide bonds. The number of sulfonamides is 1. The minimum absolute atomic E-state index is 0.0619. The Kier molecular flexibility index (Phi) is 6.22. The highest BCUT2D eigenvalue weighted by Gasteiger charge is 2.28. The van der Waals surface area contributed by atoms with Crippen molar-refractivity contribution in [2.75, 3.05) is 39.6 Å². The molecule has 2 aromatic carbocycles. The molecule has 1 fully saturated rings. The number of hydrogen-bond acceptors (Lipinski definition) is 7. The second-order valence-corrected chi connectivity index (χ2v) is 10.2. The van der Waals surface area contributed by atoms with Crippen LogP contribution in [0.25, 0.3) is 10.9 Å². The minimum Gasteiger partial charge on any atom is -0.454 e. The summed E-state index contributed by atoms with van der Waals surface area (Å²) in [7, 11) is -3.78. The first kappa shape index (κ1) is 23.3. The molecule has 1 aromatic heterocycles. The van der Waals surface area contributed by atoms with E-state index in [1.165, 1.54) is 28.6 Å². The minimum atomic E-state index is -3.78. The second-order valence-electron chi connectivity index (χ2n) is 8.28. The molecule has 0 unspecified atom stereocenters. The number of aromatic amines is 1. The van der Waals surface area contributed by atoms with Crippen LogP contribution < -0.4 is 15.0 Å². The van der Waals surface area contributed by atoms with Crippen molar-refractivity contribution in [2.45, 2.75) is 18.4 Å². The van der Waals surface area contributed by atoms with Crippen molar-refractivity contribution in [1.82, 2.24) is 14.2 Å². The number of ether oxygens (including phenoxy) is 3. The van der Waals surface area contributed by atoms with Crippen LogP contribution in [0.1, 0.15) is 22.8 Å². The molecule has 11 heteroatoms. The number of morpholine rings is 1. The molecule has 5 rings (SSSR count). The zero-order chi connectivity index (χ0) is 24.6. The average molecular weight is 500 g/mol. The molecule has 0 aliphatic carbocycles. The monoisotopic (exact) mass is 499 g/mol. The van der Waals surface area contributed by atoms with Gasteiger partial charge in [-0.2, -0.15) is 4.31 Å². The second kappa shape index (κ2) is 9.33. The third-order valence-electron chi connectivity index (χ3n) is 6.13. The number of benzene rings is 2. The van der Waals surface area contributed by atoms with Crippen molar-refractivity contribution in [1.29, 1.82) is 0 Å². The highest BCUT2D eigenvalue weighted by atomic mass is 32.2. The van der Waals surface area contributed by atoms with Gasteiger partial charge >= 0.3 is 0 Å². The molecule has 0 atom stereocenters. The van der Waals surface area contributed by atoms with Gasteiger partial charge in [-0.25, -0.2) is 8.42 Å². The van der Waals surface area contributed by atoms with Crippen LogP contribution in [0.2, 0.25) is 0 Å². The van der Waals surface area contributed by atoms with Crippen molar-refractivity contribution in [2.24, 2.45) is 0 Å². The molecule has 2 aliphatic heterocycles. The van der Waals surface area contributed by atoms with Gasteiger partial charge in [0.25, 0.3) is 5.91 Å². The van der Waals surface area contributed by atoms with Gasteiger partial charge in [-0.15, -0.1) is 0 Å². The molecule has 184 valence electrons. The fourth-order valence-corrected chi connectivity index (χ4v) is 5.70. The summed E-state index contributed by atoms with van der Waals surface area (Å²) in [5, 5.41) is 0.369. The van der Waals surface area contributed by atoms with Crippen LogP contribution in [-0.4, -0.2) is 68.2 Å². The Bertz CT molecular complexity index is 1450. The molecule has 0 bridgehead atoms. The van der Waals surface area contributed by atoms with Gasteiger partial charge in [0.1, 0.15) is 0 Å². The topological polar surface area (TPSA) is 118 Å². The molecule has 2 aliphatic rings. The van der Waals surface area contributed by atoms with E-state index in [0.29, 0.717) is 42.2 Å². The van der Waals surface area contributed by atoms with E-state index in [9.17, 15) is 18.0 Å². The van der Waals surface area contributed by atoms with E-state index in [1.54, 1.807) is 11.0 Å². The number of aromatic nitrogens is 1. The van der Waals surface area contributed by atoms with Crippen LogP contribution in [0.15, 0.2) is 52.2 Å². The van der Waals surface area contributed by atoms with Crippen molar-refractivity contribution in [3.63, 3.8) is 0 Å². The highest BCUT2D eigenvalue weighted by molar-refractivity contribution is 7.89. The smallest absolute Gasteiger partial charge is 0.255 e. The fourth-order valence-electron chi connectivity index (χ4n) is 4.26. The van der Waals surface area contributed by atoms with E-state index in [0.717, 1.165) is 5.56 Å². The van der Waals surface area contributed by atoms with Gasteiger partial charge in [-0.05, 0) is 42.8 Å². The Hall–Kier alpha value is -3.41. The number of carbonyl (C=O) groups excluding carboxylic acids is 1. The number of carbonyl (C=O) groups is 1. The third kappa shape index (κ3) is 4.49. The Morgan fingerprint density at radius 3 is 2.60 bits per heavy atom. The molecule has 0 spiro atoms. The lowest BCUT2D eigenvalue weighted by Gasteiger charge is -2.26. The Labute approximate surface area is 202 Å². The van der Waals surface area contributed by atoms with Crippen molar-refractivity contribution in [3.8, 4) is 11.5 Å². The number of hydrogen-bond donors (Lipinski definition) is 1. The van der Waals surface area contributed by atoms with Crippen LogP contribution in [-0.2, 0) is 21.3 Å². The summed E-state index contributed by atoms with van der Waals surface area (Å²) in [6.45, 7) is 3.84. The van der Waals surface area contributed by atoms with Gasteiger partial charge in [0.15, 0.2) is 11.5 Å². The third-order valence-corrected chi connectivity index (χ3v) is 8.03. The Morgan fingerprint density at radius 1 is 1.06 bits per heavy atom.